The molecule has 1 amide bonds. The number of H-pyrrole nitrogens is 1. The summed E-state index contributed by atoms with van der Waals surface area (Å²) in [5, 5.41) is 0. The summed E-state index contributed by atoms with van der Waals surface area (Å²) in [5.74, 6) is 0. The van der Waals surface area contributed by atoms with Crippen LogP contribution in [0.15, 0.2) is 23.0 Å². The SMILES string of the molecule is Cc1ccc2[nH]c(=O)n(C3CCN(C(=O)OC(C)(C)C)C(C)C3)c2c1. The number of hydrogen-bond donors (Lipinski definition) is 1. The molecule has 3 rings (SSSR count). The number of carbonyl (C=O) groups is 1. The molecule has 0 spiro atoms. The molecule has 1 N–H and O–H groups in total. The van der Waals surface area contributed by atoms with Crippen molar-refractivity contribution in [3.8, 4) is 0 Å². The molecule has 2 heterocycles. The summed E-state index contributed by atoms with van der Waals surface area (Å²) < 4.78 is 7.35. The second-order valence-electron chi connectivity index (χ2n) is 8.02. The van der Waals surface area contributed by atoms with E-state index in [1.54, 1.807) is 4.90 Å². The molecule has 0 radical (unpaired) electrons. The van der Waals surface area contributed by atoms with Gasteiger partial charge in [-0.25, -0.2) is 9.59 Å². The van der Waals surface area contributed by atoms with Crippen molar-refractivity contribution >= 4 is 17.1 Å². The molecule has 2 aromatic rings. The minimum Gasteiger partial charge on any atom is -0.444 e. The summed E-state index contributed by atoms with van der Waals surface area (Å²) in [7, 11) is 0. The number of aromatic amines is 1. The quantitative estimate of drug-likeness (QED) is 0.859. The van der Waals surface area contributed by atoms with Gasteiger partial charge in [-0.2, -0.15) is 0 Å². The van der Waals surface area contributed by atoms with Gasteiger partial charge in [-0.3, -0.25) is 4.57 Å². The first-order chi connectivity index (χ1) is 11.7. The number of hydrogen-bond acceptors (Lipinski definition) is 3. The van der Waals surface area contributed by atoms with Crippen molar-refractivity contribution in [3.05, 3.63) is 34.2 Å². The number of nitrogens with one attached hydrogen (secondary N) is 1. The predicted molar refractivity (Wildman–Crippen MR) is 98.0 cm³/mol. The Labute approximate surface area is 147 Å². The Balaban J connectivity index is 1.82. The van der Waals surface area contributed by atoms with Crippen molar-refractivity contribution in [3.63, 3.8) is 0 Å². The van der Waals surface area contributed by atoms with Crippen LogP contribution in [0.3, 0.4) is 0 Å². The third kappa shape index (κ3) is 3.57. The molecule has 1 saturated heterocycles. The first-order valence-corrected chi connectivity index (χ1v) is 8.86. The predicted octanol–water partition coefficient (Wildman–Crippen LogP) is 3.60. The number of nitrogens with zero attached hydrogens (tertiary/aromatic N) is 2. The molecule has 2 unspecified atom stereocenters. The molecule has 136 valence electrons. The lowest BCUT2D eigenvalue weighted by Gasteiger charge is -2.38. The van der Waals surface area contributed by atoms with Crippen molar-refractivity contribution in [2.45, 2.75) is 65.1 Å². The molecule has 0 bridgehead atoms. The molecule has 6 nitrogen and oxygen atoms in total. The number of fused-ring (bicyclic) bond motifs is 1. The van der Waals surface area contributed by atoms with Gasteiger partial charge in [0.25, 0.3) is 0 Å². The molecule has 1 aromatic heterocycles. The van der Waals surface area contributed by atoms with Gasteiger partial charge in [0.15, 0.2) is 0 Å². The van der Waals surface area contributed by atoms with E-state index in [0.29, 0.717) is 6.54 Å². The smallest absolute Gasteiger partial charge is 0.410 e. The first kappa shape index (κ1) is 17.6. The Kier molecular flexibility index (Phi) is 4.39. The third-order valence-corrected chi connectivity index (χ3v) is 4.71. The van der Waals surface area contributed by atoms with E-state index >= 15 is 0 Å². The summed E-state index contributed by atoms with van der Waals surface area (Å²) in [5.41, 5.74) is 2.34. The lowest BCUT2D eigenvalue weighted by atomic mass is 9.98. The number of likely N-dealkylation sites (tertiary alicyclic amines) is 1. The number of ether oxygens (including phenoxy) is 1. The van der Waals surface area contributed by atoms with Crippen molar-refractivity contribution in [2.75, 3.05) is 6.54 Å². The first-order valence-electron chi connectivity index (χ1n) is 8.86. The summed E-state index contributed by atoms with van der Waals surface area (Å²) >= 11 is 0. The number of imidazole rings is 1. The van der Waals surface area contributed by atoms with E-state index in [0.717, 1.165) is 29.4 Å². The van der Waals surface area contributed by atoms with Gasteiger partial charge >= 0.3 is 11.8 Å². The fourth-order valence-electron chi connectivity index (χ4n) is 3.57. The standard InChI is InChI=1S/C19H27N3O3/c1-12-6-7-15-16(10-12)22(17(23)20-15)14-8-9-21(13(2)11-14)18(24)25-19(3,4)5/h6-7,10,13-14H,8-9,11H2,1-5H3,(H,20,23). The van der Waals surface area contributed by atoms with Crippen LogP contribution in [-0.2, 0) is 4.74 Å². The Hall–Kier alpha value is -2.24. The third-order valence-electron chi connectivity index (χ3n) is 4.71. The van der Waals surface area contributed by atoms with Crippen molar-refractivity contribution in [1.82, 2.24) is 14.5 Å². The van der Waals surface area contributed by atoms with Gasteiger partial charge < -0.3 is 14.6 Å². The van der Waals surface area contributed by atoms with Gasteiger partial charge in [-0.1, -0.05) is 6.07 Å². The highest BCUT2D eigenvalue weighted by Gasteiger charge is 2.33. The van der Waals surface area contributed by atoms with Gasteiger partial charge in [-0.15, -0.1) is 0 Å². The zero-order valence-electron chi connectivity index (χ0n) is 15.6. The second kappa shape index (κ2) is 6.24. The van der Waals surface area contributed by atoms with E-state index in [9.17, 15) is 9.59 Å². The van der Waals surface area contributed by atoms with Gasteiger partial charge in [0, 0.05) is 18.6 Å². The lowest BCUT2D eigenvalue weighted by Crippen LogP contribution is -2.47. The normalized spacial score (nSPS) is 21.6. The van der Waals surface area contributed by atoms with Crippen molar-refractivity contribution in [1.29, 1.82) is 0 Å². The summed E-state index contributed by atoms with van der Waals surface area (Å²) in [6.07, 6.45) is 1.20. The van der Waals surface area contributed by atoms with Gasteiger partial charge in [0.05, 0.1) is 11.0 Å². The molecule has 2 atom stereocenters. The second-order valence-corrected chi connectivity index (χ2v) is 8.02. The minimum atomic E-state index is -0.501. The Morgan fingerprint density at radius 3 is 2.68 bits per heavy atom. The molecule has 1 aliphatic rings. The van der Waals surface area contributed by atoms with E-state index in [-0.39, 0.29) is 23.9 Å². The molecule has 1 aliphatic heterocycles. The van der Waals surface area contributed by atoms with E-state index < -0.39 is 5.60 Å². The zero-order chi connectivity index (χ0) is 18.4. The topological polar surface area (TPSA) is 67.3 Å². The number of aromatic nitrogens is 2. The van der Waals surface area contributed by atoms with Gasteiger partial charge in [-0.05, 0) is 65.2 Å². The van der Waals surface area contributed by atoms with E-state index in [1.165, 1.54) is 0 Å². The van der Waals surface area contributed by atoms with E-state index in [2.05, 4.69) is 4.98 Å². The molecule has 0 aliphatic carbocycles. The maximum Gasteiger partial charge on any atom is 0.410 e. The molecule has 1 aromatic carbocycles. The fraction of sp³-hybridized carbons (Fsp3) is 0.579. The van der Waals surface area contributed by atoms with Crippen molar-refractivity contribution in [2.24, 2.45) is 0 Å². The number of carbonyl (C=O) groups excluding carboxylic acids is 1. The number of benzene rings is 1. The number of aryl methyl sites for hydroxylation is 1. The van der Waals surface area contributed by atoms with Crippen LogP contribution < -0.4 is 5.69 Å². The highest BCUT2D eigenvalue weighted by molar-refractivity contribution is 5.76. The molecule has 6 heteroatoms. The van der Waals surface area contributed by atoms with Crippen LogP contribution in [0.2, 0.25) is 0 Å². The molecule has 0 saturated carbocycles. The van der Waals surface area contributed by atoms with Crippen LogP contribution in [0.1, 0.15) is 52.1 Å². The van der Waals surface area contributed by atoms with Crippen LogP contribution in [0.4, 0.5) is 4.79 Å². The van der Waals surface area contributed by atoms with E-state index in [4.69, 9.17) is 4.74 Å². The van der Waals surface area contributed by atoms with Gasteiger partial charge in [0.1, 0.15) is 5.60 Å². The largest absolute Gasteiger partial charge is 0.444 e. The number of rotatable bonds is 1. The Morgan fingerprint density at radius 2 is 2.04 bits per heavy atom. The van der Waals surface area contributed by atoms with Gasteiger partial charge in [0.2, 0.25) is 0 Å². The van der Waals surface area contributed by atoms with Crippen LogP contribution >= 0.6 is 0 Å². The number of piperidine rings is 1. The highest BCUT2D eigenvalue weighted by Crippen LogP contribution is 2.29. The maximum atomic E-state index is 12.5. The Morgan fingerprint density at radius 1 is 1.32 bits per heavy atom. The summed E-state index contributed by atoms with van der Waals surface area (Å²) in [4.78, 5) is 29.5. The number of amides is 1. The molecular weight excluding hydrogens is 318 g/mol. The van der Waals surface area contributed by atoms with Crippen molar-refractivity contribution < 1.29 is 9.53 Å². The molecule has 25 heavy (non-hydrogen) atoms. The van der Waals surface area contributed by atoms with Crippen LogP contribution in [0.25, 0.3) is 11.0 Å². The van der Waals surface area contributed by atoms with Crippen LogP contribution in [0, 0.1) is 6.92 Å². The molecule has 1 fully saturated rings. The zero-order valence-corrected chi connectivity index (χ0v) is 15.6. The average Bonchev–Trinajstić information content (AvgIpc) is 2.80. The highest BCUT2D eigenvalue weighted by atomic mass is 16.6. The summed E-state index contributed by atoms with van der Waals surface area (Å²) in [6.45, 7) is 10.2. The van der Waals surface area contributed by atoms with E-state index in [1.807, 2.05) is 57.4 Å². The molecular formula is C19H27N3O3. The fourth-order valence-corrected chi connectivity index (χ4v) is 3.57. The average molecular weight is 345 g/mol. The minimum absolute atomic E-state index is 0.0234. The summed E-state index contributed by atoms with van der Waals surface area (Å²) in [6, 6.07) is 6.09. The Bertz CT molecular complexity index is 844. The maximum absolute atomic E-state index is 12.5. The lowest BCUT2D eigenvalue weighted by molar-refractivity contribution is 0.00791. The van der Waals surface area contributed by atoms with Crippen LogP contribution in [0.5, 0.6) is 0 Å². The monoisotopic (exact) mass is 345 g/mol. The van der Waals surface area contributed by atoms with Crippen LogP contribution in [-0.4, -0.2) is 38.7 Å².